The summed E-state index contributed by atoms with van der Waals surface area (Å²) in [4.78, 5) is 29.5. The summed E-state index contributed by atoms with van der Waals surface area (Å²) in [6.07, 6.45) is 0. The second-order valence-electron chi connectivity index (χ2n) is 7.29. The fourth-order valence-electron chi connectivity index (χ4n) is 3.29. The number of rotatable bonds is 7. The number of hydrogen-bond acceptors (Lipinski definition) is 4. The quantitative estimate of drug-likeness (QED) is 0.720. The van der Waals surface area contributed by atoms with Gasteiger partial charge in [0.05, 0.1) is 20.3 Å². The van der Waals surface area contributed by atoms with Gasteiger partial charge in [-0.1, -0.05) is 18.2 Å². The molecule has 7 heteroatoms. The molecule has 7 nitrogen and oxygen atoms in total. The van der Waals surface area contributed by atoms with Crippen LogP contribution in [0.5, 0.6) is 0 Å². The minimum absolute atomic E-state index is 0.0311. The average Bonchev–Trinajstić information content (AvgIpc) is 2.74. The van der Waals surface area contributed by atoms with Crippen molar-refractivity contribution in [2.75, 3.05) is 68.6 Å². The molecule has 1 unspecified atom stereocenters. The van der Waals surface area contributed by atoms with E-state index in [1.54, 1.807) is 11.9 Å². The Morgan fingerprint density at radius 1 is 1.03 bits per heavy atom. The number of para-hydroxylation sites is 1. The van der Waals surface area contributed by atoms with Gasteiger partial charge in [0.25, 0.3) is 11.8 Å². The van der Waals surface area contributed by atoms with E-state index < -0.39 is 0 Å². The van der Waals surface area contributed by atoms with Crippen LogP contribution in [-0.4, -0.2) is 65.3 Å². The highest BCUT2D eigenvalue weighted by Crippen LogP contribution is 2.18. The Hall–Kier alpha value is -2.90. The number of nitrogens with one attached hydrogen (secondary N) is 2. The standard InChI is InChI=1S/C22H28N4O3/c1-24(17-22(28)25(2)19-6-4-3-5-7-19)16-21(27)23-18-8-10-20(11-9-18)26-12-14-29-15-13-26/h3-11H,12-17H2,1-2H3,(H,23,27)/p+1. The van der Waals surface area contributed by atoms with Crippen molar-refractivity contribution in [3.63, 3.8) is 0 Å². The van der Waals surface area contributed by atoms with Gasteiger partial charge in [0.2, 0.25) is 0 Å². The maximum absolute atomic E-state index is 12.4. The largest absolute Gasteiger partial charge is 0.378 e. The number of benzene rings is 2. The Morgan fingerprint density at radius 3 is 2.34 bits per heavy atom. The molecular formula is C22H29N4O3+. The van der Waals surface area contributed by atoms with E-state index >= 15 is 0 Å². The van der Waals surface area contributed by atoms with Gasteiger partial charge in [-0.15, -0.1) is 0 Å². The summed E-state index contributed by atoms with van der Waals surface area (Å²) in [5.74, 6) is -0.145. The molecule has 0 aliphatic carbocycles. The van der Waals surface area contributed by atoms with Crippen LogP contribution in [0.15, 0.2) is 54.6 Å². The molecule has 2 aromatic rings. The normalized spacial score (nSPS) is 14.9. The number of hydrogen-bond donors (Lipinski definition) is 2. The lowest BCUT2D eigenvalue weighted by atomic mass is 10.2. The van der Waals surface area contributed by atoms with E-state index in [0.29, 0.717) is 0 Å². The Kier molecular flexibility index (Phi) is 7.21. The van der Waals surface area contributed by atoms with Crippen molar-refractivity contribution < 1.29 is 19.2 Å². The molecule has 0 aromatic heterocycles. The summed E-state index contributed by atoms with van der Waals surface area (Å²) in [5, 5.41) is 2.91. The molecule has 0 spiro atoms. The number of anilines is 3. The van der Waals surface area contributed by atoms with Crippen LogP contribution in [-0.2, 0) is 14.3 Å². The number of quaternary nitrogens is 1. The van der Waals surface area contributed by atoms with E-state index in [0.717, 1.165) is 48.3 Å². The van der Waals surface area contributed by atoms with Gasteiger partial charge in [-0.2, -0.15) is 0 Å². The molecule has 1 atom stereocenters. The second kappa shape index (κ2) is 10.0. The Balaban J connectivity index is 1.46. The van der Waals surface area contributed by atoms with Crippen molar-refractivity contribution in [2.45, 2.75) is 0 Å². The fraction of sp³-hybridized carbons (Fsp3) is 0.364. The topological polar surface area (TPSA) is 66.3 Å². The Bertz CT molecular complexity index is 805. The monoisotopic (exact) mass is 397 g/mol. The maximum Gasteiger partial charge on any atom is 0.281 e. The van der Waals surface area contributed by atoms with Crippen LogP contribution in [0.1, 0.15) is 0 Å². The van der Waals surface area contributed by atoms with Crippen LogP contribution in [0.2, 0.25) is 0 Å². The second-order valence-corrected chi connectivity index (χ2v) is 7.29. The van der Waals surface area contributed by atoms with E-state index in [9.17, 15) is 9.59 Å². The number of amides is 2. The van der Waals surface area contributed by atoms with E-state index in [2.05, 4.69) is 10.2 Å². The number of likely N-dealkylation sites (N-methyl/N-ethyl adjacent to an activating group) is 2. The molecule has 1 saturated heterocycles. The fourth-order valence-corrected chi connectivity index (χ4v) is 3.29. The third kappa shape index (κ3) is 6.04. The van der Waals surface area contributed by atoms with Crippen molar-refractivity contribution in [1.29, 1.82) is 0 Å². The highest BCUT2D eigenvalue weighted by molar-refractivity contribution is 5.94. The zero-order valence-electron chi connectivity index (χ0n) is 17.1. The third-order valence-corrected chi connectivity index (χ3v) is 4.96. The molecule has 2 aromatic carbocycles. The summed E-state index contributed by atoms with van der Waals surface area (Å²) in [7, 11) is 3.60. The molecule has 1 fully saturated rings. The molecule has 1 heterocycles. The van der Waals surface area contributed by atoms with Gasteiger partial charge < -0.3 is 24.8 Å². The van der Waals surface area contributed by atoms with Crippen LogP contribution in [0.3, 0.4) is 0 Å². The lowest BCUT2D eigenvalue weighted by Crippen LogP contribution is -3.11. The summed E-state index contributed by atoms with van der Waals surface area (Å²) in [5.41, 5.74) is 2.73. The van der Waals surface area contributed by atoms with Crippen LogP contribution < -0.4 is 20.0 Å². The molecule has 3 rings (SSSR count). The number of morpholine rings is 1. The van der Waals surface area contributed by atoms with Crippen LogP contribution >= 0.6 is 0 Å². The van der Waals surface area contributed by atoms with Gasteiger partial charge in [-0.3, -0.25) is 9.59 Å². The lowest BCUT2D eigenvalue weighted by Gasteiger charge is -2.28. The summed E-state index contributed by atoms with van der Waals surface area (Å²) < 4.78 is 5.37. The van der Waals surface area contributed by atoms with E-state index in [-0.39, 0.29) is 24.9 Å². The number of carbonyl (C=O) groups excluding carboxylic acids is 2. The number of ether oxygens (including phenoxy) is 1. The zero-order valence-corrected chi connectivity index (χ0v) is 17.1. The highest BCUT2D eigenvalue weighted by Gasteiger charge is 2.18. The number of carbonyl (C=O) groups is 2. The first-order chi connectivity index (χ1) is 14.0. The zero-order chi connectivity index (χ0) is 20.6. The molecule has 0 saturated carbocycles. The molecule has 29 heavy (non-hydrogen) atoms. The van der Waals surface area contributed by atoms with Crippen molar-refractivity contribution >= 4 is 28.9 Å². The predicted octanol–water partition coefficient (Wildman–Crippen LogP) is 0.639. The Morgan fingerprint density at radius 2 is 1.69 bits per heavy atom. The van der Waals surface area contributed by atoms with Crippen LogP contribution in [0, 0.1) is 0 Å². The first-order valence-corrected chi connectivity index (χ1v) is 9.88. The van der Waals surface area contributed by atoms with E-state index in [1.807, 2.05) is 61.6 Å². The van der Waals surface area contributed by atoms with Gasteiger partial charge in [0, 0.05) is 37.2 Å². The predicted molar refractivity (Wildman–Crippen MR) is 115 cm³/mol. The maximum atomic E-state index is 12.4. The van der Waals surface area contributed by atoms with Crippen molar-refractivity contribution in [2.24, 2.45) is 0 Å². The van der Waals surface area contributed by atoms with Crippen molar-refractivity contribution in [1.82, 2.24) is 0 Å². The summed E-state index contributed by atoms with van der Waals surface area (Å²) in [6, 6.07) is 17.3. The molecule has 1 aliphatic heterocycles. The summed E-state index contributed by atoms with van der Waals surface area (Å²) in [6.45, 7) is 3.71. The minimum atomic E-state index is -0.114. The first-order valence-electron chi connectivity index (χ1n) is 9.88. The third-order valence-electron chi connectivity index (χ3n) is 4.96. The van der Waals surface area contributed by atoms with Gasteiger partial charge in [-0.25, -0.2) is 0 Å². The molecule has 2 amide bonds. The molecule has 154 valence electrons. The van der Waals surface area contributed by atoms with Crippen LogP contribution in [0.4, 0.5) is 17.1 Å². The SMILES string of the molecule is CN(C(=O)C[NH+](C)CC(=O)Nc1ccc(N2CCOCC2)cc1)c1ccccc1. The first kappa shape index (κ1) is 20.8. The molecule has 0 bridgehead atoms. The average molecular weight is 397 g/mol. The van der Waals surface area contributed by atoms with Gasteiger partial charge >= 0.3 is 0 Å². The van der Waals surface area contributed by atoms with Gasteiger partial charge in [-0.05, 0) is 36.4 Å². The van der Waals surface area contributed by atoms with E-state index in [4.69, 9.17) is 4.74 Å². The van der Waals surface area contributed by atoms with E-state index in [1.165, 1.54) is 0 Å². The Labute approximate surface area is 171 Å². The van der Waals surface area contributed by atoms with Gasteiger partial charge in [0.15, 0.2) is 13.1 Å². The van der Waals surface area contributed by atoms with Crippen molar-refractivity contribution in [3.8, 4) is 0 Å². The molecule has 2 N–H and O–H groups in total. The minimum Gasteiger partial charge on any atom is -0.378 e. The smallest absolute Gasteiger partial charge is 0.281 e. The molecule has 1 aliphatic rings. The lowest BCUT2D eigenvalue weighted by molar-refractivity contribution is -0.862. The summed E-state index contributed by atoms with van der Waals surface area (Å²) >= 11 is 0. The number of nitrogens with zero attached hydrogens (tertiary/aromatic N) is 2. The highest BCUT2D eigenvalue weighted by atomic mass is 16.5. The van der Waals surface area contributed by atoms with Gasteiger partial charge in [0.1, 0.15) is 0 Å². The van der Waals surface area contributed by atoms with Crippen LogP contribution in [0.25, 0.3) is 0 Å². The molecule has 0 radical (unpaired) electrons. The molecular weight excluding hydrogens is 368 g/mol. The van der Waals surface area contributed by atoms with Crippen molar-refractivity contribution in [3.05, 3.63) is 54.6 Å².